The van der Waals surface area contributed by atoms with E-state index in [0.717, 1.165) is 25.2 Å². The van der Waals surface area contributed by atoms with Gasteiger partial charge in [0.05, 0.1) is 5.02 Å². The van der Waals surface area contributed by atoms with E-state index >= 15 is 0 Å². The van der Waals surface area contributed by atoms with Gasteiger partial charge in [-0.3, -0.25) is 0 Å². The third-order valence-corrected chi connectivity index (χ3v) is 3.74. The highest BCUT2D eigenvalue weighted by Gasteiger charge is 2.20. The quantitative estimate of drug-likeness (QED) is 0.831. The first-order valence-corrected chi connectivity index (χ1v) is 6.55. The van der Waals surface area contributed by atoms with E-state index in [1.165, 1.54) is 12.8 Å². The van der Waals surface area contributed by atoms with Crippen molar-refractivity contribution in [2.75, 3.05) is 11.9 Å². The molecule has 0 bridgehead atoms. The molecule has 2 atom stereocenters. The molecule has 16 heavy (non-hydrogen) atoms. The third kappa shape index (κ3) is 3.26. The molecule has 88 valence electrons. The average molecular weight is 259 g/mol. The van der Waals surface area contributed by atoms with E-state index in [2.05, 4.69) is 10.3 Å². The summed E-state index contributed by atoms with van der Waals surface area (Å²) in [6.07, 6.45) is 6.48. The number of alkyl halides is 1. The van der Waals surface area contributed by atoms with Gasteiger partial charge in [-0.25, -0.2) is 4.98 Å². The fraction of sp³-hybridized carbons (Fsp3) is 0.583. The topological polar surface area (TPSA) is 24.9 Å². The van der Waals surface area contributed by atoms with Crippen molar-refractivity contribution in [3.8, 4) is 0 Å². The zero-order valence-corrected chi connectivity index (χ0v) is 10.6. The fourth-order valence-corrected chi connectivity index (χ4v) is 2.76. The second-order valence-electron chi connectivity index (χ2n) is 4.34. The van der Waals surface area contributed by atoms with Crippen LogP contribution in [0.25, 0.3) is 0 Å². The summed E-state index contributed by atoms with van der Waals surface area (Å²) in [6, 6.07) is 3.69. The van der Waals surface area contributed by atoms with E-state index in [4.69, 9.17) is 23.2 Å². The highest BCUT2D eigenvalue weighted by atomic mass is 35.5. The first kappa shape index (κ1) is 12.0. The fourth-order valence-electron chi connectivity index (χ4n) is 2.17. The van der Waals surface area contributed by atoms with E-state index in [1.807, 2.05) is 12.1 Å². The number of halogens is 2. The number of hydrogen-bond acceptors (Lipinski definition) is 2. The zero-order chi connectivity index (χ0) is 11.4. The van der Waals surface area contributed by atoms with Gasteiger partial charge in [0.25, 0.3) is 0 Å². The normalized spacial score (nSPS) is 25.4. The Balaban J connectivity index is 1.85. The minimum atomic E-state index is 0.347. The summed E-state index contributed by atoms with van der Waals surface area (Å²) in [5.74, 6) is 1.43. The van der Waals surface area contributed by atoms with Crippen molar-refractivity contribution in [3.63, 3.8) is 0 Å². The van der Waals surface area contributed by atoms with Crippen molar-refractivity contribution in [1.82, 2.24) is 4.98 Å². The minimum Gasteiger partial charge on any atom is -0.369 e. The van der Waals surface area contributed by atoms with E-state index < -0.39 is 0 Å². The lowest BCUT2D eigenvalue weighted by Crippen LogP contribution is -2.22. The van der Waals surface area contributed by atoms with Crippen molar-refractivity contribution >= 4 is 29.0 Å². The van der Waals surface area contributed by atoms with Crippen LogP contribution in [0.2, 0.25) is 5.02 Å². The van der Waals surface area contributed by atoms with Crippen molar-refractivity contribution < 1.29 is 0 Å². The van der Waals surface area contributed by atoms with Gasteiger partial charge in [0.15, 0.2) is 0 Å². The molecule has 0 radical (unpaired) electrons. The van der Waals surface area contributed by atoms with Gasteiger partial charge in [0, 0.05) is 18.1 Å². The molecular formula is C12H16Cl2N2. The van der Waals surface area contributed by atoms with Crippen molar-refractivity contribution in [2.45, 2.75) is 31.1 Å². The molecule has 1 aliphatic rings. The minimum absolute atomic E-state index is 0.347. The number of aromatic nitrogens is 1. The standard InChI is InChI=1S/C12H16Cl2N2/c13-10-4-1-3-9(7-10)8-16-12-11(14)5-2-6-15-12/h2,5-6,9-10H,1,3-4,7-8H2,(H,15,16). The number of hydrogen-bond donors (Lipinski definition) is 1. The van der Waals surface area contributed by atoms with Crippen LogP contribution in [0.5, 0.6) is 0 Å². The predicted octanol–water partition coefficient (Wildman–Crippen LogP) is 3.94. The molecule has 4 heteroatoms. The summed E-state index contributed by atoms with van der Waals surface area (Å²) >= 11 is 12.2. The number of nitrogens with zero attached hydrogens (tertiary/aromatic N) is 1. The van der Waals surface area contributed by atoms with Crippen LogP contribution in [0.4, 0.5) is 5.82 Å². The lowest BCUT2D eigenvalue weighted by Gasteiger charge is -2.25. The molecule has 2 rings (SSSR count). The van der Waals surface area contributed by atoms with Gasteiger partial charge < -0.3 is 5.32 Å². The van der Waals surface area contributed by atoms with Gasteiger partial charge in [-0.05, 0) is 37.3 Å². The van der Waals surface area contributed by atoms with Gasteiger partial charge in [0.1, 0.15) is 5.82 Å². The largest absolute Gasteiger partial charge is 0.369 e. The third-order valence-electron chi connectivity index (χ3n) is 3.04. The Morgan fingerprint density at radius 2 is 2.31 bits per heavy atom. The molecule has 2 unspecified atom stereocenters. The van der Waals surface area contributed by atoms with E-state index in [0.29, 0.717) is 16.3 Å². The van der Waals surface area contributed by atoms with Crippen LogP contribution in [-0.2, 0) is 0 Å². The molecule has 2 nitrogen and oxygen atoms in total. The van der Waals surface area contributed by atoms with Crippen LogP contribution in [0.15, 0.2) is 18.3 Å². The molecule has 0 aromatic carbocycles. The number of nitrogens with one attached hydrogen (secondary N) is 1. The van der Waals surface area contributed by atoms with Crippen LogP contribution >= 0.6 is 23.2 Å². The van der Waals surface area contributed by atoms with Crippen LogP contribution < -0.4 is 5.32 Å². The maximum absolute atomic E-state index is 6.15. The number of pyridine rings is 1. The molecule has 1 aromatic rings. The summed E-state index contributed by atoms with van der Waals surface area (Å²) < 4.78 is 0. The summed E-state index contributed by atoms with van der Waals surface area (Å²) in [5, 5.41) is 4.33. The van der Waals surface area contributed by atoms with Gasteiger partial charge >= 0.3 is 0 Å². The molecule has 1 N–H and O–H groups in total. The molecule has 1 fully saturated rings. The maximum Gasteiger partial charge on any atom is 0.144 e. The van der Waals surface area contributed by atoms with Crippen molar-refractivity contribution in [2.24, 2.45) is 5.92 Å². The molecule has 0 saturated heterocycles. The second-order valence-corrected chi connectivity index (χ2v) is 5.37. The highest BCUT2D eigenvalue weighted by Crippen LogP contribution is 2.28. The highest BCUT2D eigenvalue weighted by molar-refractivity contribution is 6.32. The predicted molar refractivity (Wildman–Crippen MR) is 69.3 cm³/mol. The molecule has 1 aromatic heterocycles. The maximum atomic E-state index is 6.15. The molecule has 1 heterocycles. The monoisotopic (exact) mass is 258 g/mol. The second kappa shape index (κ2) is 5.74. The number of rotatable bonds is 3. The van der Waals surface area contributed by atoms with Crippen LogP contribution in [0, 0.1) is 5.92 Å². The molecule has 0 amide bonds. The van der Waals surface area contributed by atoms with Crippen LogP contribution in [-0.4, -0.2) is 16.9 Å². The van der Waals surface area contributed by atoms with Gasteiger partial charge in [-0.1, -0.05) is 18.0 Å². The Labute approximate surface area is 106 Å². The van der Waals surface area contributed by atoms with Crippen molar-refractivity contribution in [3.05, 3.63) is 23.4 Å². The Morgan fingerprint density at radius 1 is 1.44 bits per heavy atom. The Bertz CT molecular complexity index is 344. The summed E-state index contributed by atoms with van der Waals surface area (Å²) in [5.41, 5.74) is 0. The first-order chi connectivity index (χ1) is 7.75. The summed E-state index contributed by atoms with van der Waals surface area (Å²) in [7, 11) is 0. The zero-order valence-electron chi connectivity index (χ0n) is 9.13. The molecule has 0 spiro atoms. The van der Waals surface area contributed by atoms with Crippen molar-refractivity contribution in [1.29, 1.82) is 0 Å². The molecule has 0 aliphatic heterocycles. The molecule has 1 aliphatic carbocycles. The summed E-state index contributed by atoms with van der Waals surface area (Å²) in [4.78, 5) is 4.21. The van der Waals surface area contributed by atoms with E-state index in [-0.39, 0.29) is 0 Å². The molecular weight excluding hydrogens is 243 g/mol. The smallest absolute Gasteiger partial charge is 0.144 e. The number of anilines is 1. The summed E-state index contributed by atoms with van der Waals surface area (Å²) in [6.45, 7) is 0.917. The Morgan fingerprint density at radius 3 is 3.06 bits per heavy atom. The Hall–Kier alpha value is -0.470. The SMILES string of the molecule is Clc1cccnc1NCC1CCCC(Cl)C1. The lowest BCUT2D eigenvalue weighted by atomic mass is 9.89. The first-order valence-electron chi connectivity index (χ1n) is 5.74. The van der Waals surface area contributed by atoms with Gasteiger partial charge in [-0.2, -0.15) is 0 Å². The van der Waals surface area contributed by atoms with Crippen LogP contribution in [0.1, 0.15) is 25.7 Å². The van der Waals surface area contributed by atoms with E-state index in [1.54, 1.807) is 6.20 Å². The molecule has 1 saturated carbocycles. The van der Waals surface area contributed by atoms with Gasteiger partial charge in [-0.15, -0.1) is 11.6 Å². The average Bonchev–Trinajstić information content (AvgIpc) is 2.28. The Kier molecular flexibility index (Phi) is 4.30. The lowest BCUT2D eigenvalue weighted by molar-refractivity contribution is 0.378. The van der Waals surface area contributed by atoms with Gasteiger partial charge in [0.2, 0.25) is 0 Å². The van der Waals surface area contributed by atoms with Crippen LogP contribution in [0.3, 0.4) is 0 Å². The van der Waals surface area contributed by atoms with E-state index in [9.17, 15) is 0 Å².